The molecule has 0 saturated carbocycles. The summed E-state index contributed by atoms with van der Waals surface area (Å²) in [6.07, 6.45) is 16.9. The van der Waals surface area contributed by atoms with E-state index in [0.29, 0.717) is 5.75 Å². The van der Waals surface area contributed by atoms with Crippen LogP contribution in [0.3, 0.4) is 0 Å². The van der Waals surface area contributed by atoms with Gasteiger partial charge in [-0.25, -0.2) is 0 Å². The van der Waals surface area contributed by atoms with Gasteiger partial charge >= 0.3 is 0 Å². The van der Waals surface area contributed by atoms with Crippen LogP contribution in [0.2, 0.25) is 0 Å². The molecule has 0 aliphatic heterocycles. The van der Waals surface area contributed by atoms with Gasteiger partial charge in [-0.05, 0) is 111 Å². The van der Waals surface area contributed by atoms with E-state index in [1.165, 1.54) is 28.7 Å². The fourth-order valence-electron chi connectivity index (χ4n) is 3.65. The third-order valence-corrected chi connectivity index (χ3v) is 5.92. The Morgan fingerprint density at radius 3 is 1.74 bits per heavy atom. The number of hydrogen-bond acceptors (Lipinski definition) is 2. The number of rotatable bonds is 12. The first-order chi connectivity index (χ1) is 14.6. The number of ether oxygens (including phenoxy) is 1. The Hall–Kier alpha value is -2.22. The number of methoxy groups -OCH3 is 1. The van der Waals surface area contributed by atoms with Gasteiger partial charge in [-0.3, -0.25) is 0 Å². The summed E-state index contributed by atoms with van der Waals surface area (Å²) >= 11 is 0. The Labute approximate surface area is 191 Å². The lowest BCUT2D eigenvalue weighted by molar-refractivity contribution is 0.403. The molecular weight excluding hydrogens is 380 g/mol. The Balaban J connectivity index is 2.50. The Morgan fingerprint density at radius 1 is 0.774 bits per heavy atom. The molecule has 0 spiro atoms. The minimum Gasteiger partial charge on any atom is -0.508 e. The summed E-state index contributed by atoms with van der Waals surface area (Å²) in [5.74, 6) is 1.23. The first-order valence-corrected chi connectivity index (χ1v) is 11.6. The van der Waals surface area contributed by atoms with Crippen molar-refractivity contribution in [1.29, 1.82) is 0 Å². The van der Waals surface area contributed by atoms with Crippen molar-refractivity contribution < 1.29 is 9.84 Å². The van der Waals surface area contributed by atoms with Crippen molar-refractivity contribution in [3.63, 3.8) is 0 Å². The molecule has 0 aliphatic rings. The number of aromatic hydroxyl groups is 1. The summed E-state index contributed by atoms with van der Waals surface area (Å²) in [5.41, 5.74) is 8.70. The Bertz CT molecular complexity index is 831. The lowest BCUT2D eigenvalue weighted by Crippen LogP contribution is -1.97. The van der Waals surface area contributed by atoms with E-state index in [-0.39, 0.29) is 0 Å². The van der Waals surface area contributed by atoms with Gasteiger partial charge in [0.1, 0.15) is 11.5 Å². The van der Waals surface area contributed by atoms with Crippen molar-refractivity contribution in [2.45, 2.75) is 93.4 Å². The molecule has 31 heavy (non-hydrogen) atoms. The molecule has 0 aliphatic carbocycles. The largest absolute Gasteiger partial charge is 0.508 e. The number of benzene rings is 1. The van der Waals surface area contributed by atoms with Gasteiger partial charge < -0.3 is 9.84 Å². The number of phenols is 1. The summed E-state index contributed by atoms with van der Waals surface area (Å²) in [7, 11) is 1.70. The van der Waals surface area contributed by atoms with Gasteiger partial charge in [0.2, 0.25) is 0 Å². The molecule has 1 aromatic rings. The number of allylic oxidation sites excluding steroid dienone is 8. The minimum absolute atomic E-state index is 0.346. The smallest absolute Gasteiger partial charge is 0.125 e. The zero-order valence-corrected chi connectivity index (χ0v) is 21.2. The average molecular weight is 425 g/mol. The SMILES string of the molecule is COc1c(CC=C(C)CCC=C(C)CCC=C(C)CCC=C(C)C)cc(O)c(C)c1C. The van der Waals surface area contributed by atoms with Crippen molar-refractivity contribution in [2.75, 3.05) is 7.11 Å². The molecule has 2 heteroatoms. The van der Waals surface area contributed by atoms with Crippen LogP contribution >= 0.6 is 0 Å². The highest BCUT2D eigenvalue weighted by Gasteiger charge is 2.12. The second-order valence-electron chi connectivity index (χ2n) is 9.09. The number of hydrogen-bond donors (Lipinski definition) is 1. The van der Waals surface area contributed by atoms with E-state index >= 15 is 0 Å². The predicted octanol–water partition coefficient (Wildman–Crippen LogP) is 8.71. The molecule has 1 N–H and O–H groups in total. The lowest BCUT2D eigenvalue weighted by atomic mass is 9.99. The molecule has 0 atom stereocenters. The van der Waals surface area contributed by atoms with Gasteiger partial charge in [0, 0.05) is 5.56 Å². The summed E-state index contributed by atoms with van der Waals surface area (Å²) in [6, 6.07) is 1.84. The third-order valence-electron chi connectivity index (χ3n) is 5.92. The van der Waals surface area contributed by atoms with Crippen LogP contribution in [0.4, 0.5) is 0 Å². The van der Waals surface area contributed by atoms with Crippen LogP contribution in [0.15, 0.2) is 52.7 Å². The molecule has 0 saturated heterocycles. The van der Waals surface area contributed by atoms with Crippen molar-refractivity contribution >= 4 is 0 Å². The van der Waals surface area contributed by atoms with Crippen LogP contribution < -0.4 is 4.74 Å². The molecule has 1 rings (SSSR count). The van der Waals surface area contributed by atoms with Crippen LogP contribution in [-0.2, 0) is 6.42 Å². The monoisotopic (exact) mass is 424 g/mol. The highest BCUT2D eigenvalue weighted by molar-refractivity contribution is 5.52. The maximum Gasteiger partial charge on any atom is 0.125 e. The van der Waals surface area contributed by atoms with Gasteiger partial charge in [-0.2, -0.15) is 0 Å². The Morgan fingerprint density at radius 2 is 1.26 bits per heavy atom. The van der Waals surface area contributed by atoms with Crippen molar-refractivity contribution in [1.82, 2.24) is 0 Å². The van der Waals surface area contributed by atoms with E-state index in [0.717, 1.165) is 61.0 Å². The fraction of sp³-hybridized carbons (Fsp3) is 0.517. The second-order valence-corrected chi connectivity index (χ2v) is 9.09. The van der Waals surface area contributed by atoms with Gasteiger partial charge in [0.15, 0.2) is 0 Å². The summed E-state index contributed by atoms with van der Waals surface area (Å²) in [4.78, 5) is 0. The quantitative estimate of drug-likeness (QED) is 0.340. The van der Waals surface area contributed by atoms with Crippen molar-refractivity contribution in [3.05, 3.63) is 69.4 Å². The highest BCUT2D eigenvalue weighted by Crippen LogP contribution is 2.33. The molecule has 0 aromatic heterocycles. The predicted molar refractivity (Wildman–Crippen MR) is 136 cm³/mol. The summed E-state index contributed by atoms with van der Waals surface area (Å²) < 4.78 is 5.59. The molecule has 172 valence electrons. The van der Waals surface area contributed by atoms with Gasteiger partial charge in [0.25, 0.3) is 0 Å². The second kappa shape index (κ2) is 14.0. The number of phenolic OH excluding ortho intramolecular Hbond substituents is 1. The van der Waals surface area contributed by atoms with Gasteiger partial charge in [-0.15, -0.1) is 0 Å². The molecule has 2 nitrogen and oxygen atoms in total. The average Bonchev–Trinajstić information content (AvgIpc) is 2.70. The van der Waals surface area contributed by atoms with Crippen LogP contribution in [-0.4, -0.2) is 12.2 Å². The van der Waals surface area contributed by atoms with E-state index in [1.807, 2.05) is 19.9 Å². The third kappa shape index (κ3) is 10.1. The first kappa shape index (κ1) is 26.8. The topological polar surface area (TPSA) is 29.5 Å². The van der Waals surface area contributed by atoms with E-state index < -0.39 is 0 Å². The fourth-order valence-corrected chi connectivity index (χ4v) is 3.65. The minimum atomic E-state index is 0.346. The maximum atomic E-state index is 10.1. The molecule has 0 bridgehead atoms. The van der Waals surface area contributed by atoms with Crippen molar-refractivity contribution in [2.24, 2.45) is 0 Å². The lowest BCUT2D eigenvalue weighted by Gasteiger charge is -2.14. The summed E-state index contributed by atoms with van der Waals surface area (Å²) in [6.45, 7) is 14.9. The zero-order valence-electron chi connectivity index (χ0n) is 21.2. The zero-order chi connectivity index (χ0) is 23.4. The molecule has 0 unspecified atom stereocenters. The van der Waals surface area contributed by atoms with Gasteiger partial charge in [-0.1, -0.05) is 46.6 Å². The first-order valence-electron chi connectivity index (χ1n) is 11.6. The van der Waals surface area contributed by atoms with E-state index in [9.17, 15) is 5.11 Å². The summed E-state index contributed by atoms with van der Waals surface area (Å²) in [5, 5.41) is 10.1. The van der Waals surface area contributed by atoms with E-state index in [1.54, 1.807) is 7.11 Å². The van der Waals surface area contributed by atoms with E-state index in [2.05, 4.69) is 58.9 Å². The van der Waals surface area contributed by atoms with Crippen LogP contribution in [0.1, 0.15) is 89.8 Å². The maximum absolute atomic E-state index is 10.1. The van der Waals surface area contributed by atoms with Crippen molar-refractivity contribution in [3.8, 4) is 11.5 Å². The Kier molecular flexibility index (Phi) is 12.1. The standard InChI is InChI=1S/C29H44O2/c1-21(2)12-9-13-22(3)14-10-15-23(4)16-11-17-24(5)18-19-27-20-28(30)25(6)26(7)29(27)31-8/h12,14,16,18,20,30H,9-11,13,15,17,19H2,1-8H3. The van der Waals surface area contributed by atoms with Crippen LogP contribution in [0.25, 0.3) is 0 Å². The van der Waals surface area contributed by atoms with Crippen LogP contribution in [0, 0.1) is 13.8 Å². The normalized spacial score (nSPS) is 12.8. The molecule has 0 heterocycles. The van der Waals surface area contributed by atoms with Gasteiger partial charge in [0.05, 0.1) is 7.11 Å². The molecule has 0 radical (unpaired) electrons. The molecule has 0 fully saturated rings. The molecule has 1 aromatic carbocycles. The molecule has 0 amide bonds. The highest BCUT2D eigenvalue weighted by atomic mass is 16.5. The van der Waals surface area contributed by atoms with Crippen LogP contribution in [0.5, 0.6) is 11.5 Å². The molecular formula is C29H44O2. The van der Waals surface area contributed by atoms with E-state index in [4.69, 9.17) is 4.74 Å².